The van der Waals surface area contributed by atoms with Crippen LogP contribution in [0.25, 0.3) is 0 Å². The van der Waals surface area contributed by atoms with E-state index < -0.39 is 28.8 Å². The number of nitrogens with one attached hydrogen (secondary N) is 1. The van der Waals surface area contributed by atoms with E-state index >= 15 is 0 Å². The van der Waals surface area contributed by atoms with Crippen LogP contribution in [0.5, 0.6) is 5.75 Å². The molecule has 2 N–H and O–H groups in total. The molecule has 154 valence electrons. The van der Waals surface area contributed by atoms with Crippen molar-refractivity contribution in [2.24, 2.45) is 0 Å². The number of carboxylic acids is 1. The Morgan fingerprint density at radius 2 is 1.63 bits per heavy atom. The molecule has 0 aromatic heterocycles. The summed E-state index contributed by atoms with van der Waals surface area (Å²) in [6.45, 7) is -0.241. The molecule has 1 aliphatic heterocycles. The predicted octanol–water partition coefficient (Wildman–Crippen LogP) is 3.47. The quantitative estimate of drug-likeness (QED) is 0.629. The molecule has 30 heavy (non-hydrogen) atoms. The maximum absolute atomic E-state index is 13.4. The minimum Gasteiger partial charge on any atom is -0.482 e. The van der Waals surface area contributed by atoms with E-state index in [9.17, 15) is 13.2 Å². The Morgan fingerprint density at radius 1 is 0.967 bits per heavy atom. The molecule has 0 saturated heterocycles. The second-order valence-corrected chi connectivity index (χ2v) is 8.69. The van der Waals surface area contributed by atoms with Crippen LogP contribution in [0.15, 0.2) is 83.8 Å². The van der Waals surface area contributed by atoms with Crippen molar-refractivity contribution >= 4 is 21.7 Å². The lowest BCUT2D eigenvalue weighted by Crippen LogP contribution is -2.42. The zero-order chi connectivity index (χ0) is 21.1. The first-order valence-corrected chi connectivity index (χ1v) is 10.7. The zero-order valence-corrected chi connectivity index (χ0v) is 16.7. The van der Waals surface area contributed by atoms with Gasteiger partial charge < -0.3 is 15.2 Å². The predicted molar refractivity (Wildman–Crippen MR) is 112 cm³/mol. The molecule has 0 amide bonds. The number of nitrogens with zero attached hydrogens (tertiary/aromatic N) is 1. The van der Waals surface area contributed by atoms with Crippen molar-refractivity contribution in [1.29, 1.82) is 0 Å². The third-order valence-electron chi connectivity index (χ3n) is 4.79. The van der Waals surface area contributed by atoms with E-state index in [0.29, 0.717) is 17.0 Å². The number of fused-ring (bicyclic) bond motifs is 1. The van der Waals surface area contributed by atoms with Crippen LogP contribution < -0.4 is 10.1 Å². The second-order valence-electron chi connectivity index (χ2n) is 6.83. The minimum absolute atomic E-state index is 0.201. The molecule has 3 aromatic carbocycles. The first-order chi connectivity index (χ1) is 14.4. The molecule has 1 heterocycles. The summed E-state index contributed by atoms with van der Waals surface area (Å²) in [6, 6.07) is 22.9. The molecule has 0 bridgehead atoms. The van der Waals surface area contributed by atoms with E-state index in [-0.39, 0.29) is 11.4 Å². The number of sulfonamides is 1. The lowest BCUT2D eigenvalue weighted by molar-refractivity contribution is -0.139. The molecule has 0 aliphatic carbocycles. The van der Waals surface area contributed by atoms with E-state index in [4.69, 9.17) is 9.84 Å². The fourth-order valence-corrected chi connectivity index (χ4v) is 5.05. The summed E-state index contributed by atoms with van der Waals surface area (Å²) in [5, 5.41) is 12.1. The second kappa shape index (κ2) is 8.17. The summed E-state index contributed by atoms with van der Waals surface area (Å²) < 4.78 is 33.5. The van der Waals surface area contributed by atoms with Gasteiger partial charge in [0, 0.05) is 6.54 Å². The number of rotatable bonds is 6. The Morgan fingerprint density at radius 3 is 2.33 bits per heavy atom. The number of benzene rings is 3. The Hall–Kier alpha value is -3.36. The molecule has 4 rings (SSSR count). The van der Waals surface area contributed by atoms with Gasteiger partial charge in [0.1, 0.15) is 16.8 Å². The van der Waals surface area contributed by atoms with E-state index in [1.807, 2.05) is 30.3 Å². The standard InChI is InChI=1S/C22H20N2O5S/c25-21(26)15-29-18-12-10-17(11-13-18)22-23-19-8-4-5-9-20(19)30(27,28)24(22)14-16-6-2-1-3-7-16/h1-13,22-23H,14-15H2,(H,25,26)/t22-/m0/s1. The van der Waals surface area contributed by atoms with Crippen molar-refractivity contribution in [3.8, 4) is 5.75 Å². The van der Waals surface area contributed by atoms with Gasteiger partial charge in [-0.25, -0.2) is 13.2 Å². The molecule has 0 saturated carbocycles. The zero-order valence-electron chi connectivity index (χ0n) is 15.9. The largest absolute Gasteiger partial charge is 0.482 e. The van der Waals surface area contributed by atoms with Gasteiger partial charge in [-0.3, -0.25) is 0 Å². The van der Waals surface area contributed by atoms with Gasteiger partial charge in [0.15, 0.2) is 6.61 Å². The average molecular weight is 424 g/mol. The number of hydrogen-bond donors (Lipinski definition) is 2. The Kier molecular flexibility index (Phi) is 5.43. The smallest absolute Gasteiger partial charge is 0.341 e. The van der Waals surface area contributed by atoms with Gasteiger partial charge in [-0.15, -0.1) is 0 Å². The van der Waals surface area contributed by atoms with Crippen LogP contribution in [0.2, 0.25) is 0 Å². The third kappa shape index (κ3) is 4.00. The van der Waals surface area contributed by atoms with Crippen molar-refractivity contribution in [2.75, 3.05) is 11.9 Å². The van der Waals surface area contributed by atoms with E-state index in [0.717, 1.165) is 5.56 Å². The molecule has 0 fully saturated rings. The normalized spacial score (nSPS) is 17.5. The number of carboxylic acid groups (broad SMARTS) is 1. The monoisotopic (exact) mass is 424 g/mol. The van der Waals surface area contributed by atoms with Crippen LogP contribution >= 0.6 is 0 Å². The number of para-hydroxylation sites is 1. The van der Waals surface area contributed by atoms with Crippen LogP contribution in [0.1, 0.15) is 17.3 Å². The van der Waals surface area contributed by atoms with Gasteiger partial charge >= 0.3 is 5.97 Å². The minimum atomic E-state index is -3.75. The highest BCUT2D eigenvalue weighted by molar-refractivity contribution is 7.89. The lowest BCUT2D eigenvalue weighted by atomic mass is 10.1. The van der Waals surface area contributed by atoms with Gasteiger partial charge in [-0.2, -0.15) is 4.31 Å². The van der Waals surface area contributed by atoms with Crippen LogP contribution in [0.4, 0.5) is 5.69 Å². The number of anilines is 1. The van der Waals surface area contributed by atoms with Crippen molar-refractivity contribution < 1.29 is 23.1 Å². The Bertz CT molecular complexity index is 1150. The van der Waals surface area contributed by atoms with Gasteiger partial charge in [0.25, 0.3) is 0 Å². The van der Waals surface area contributed by atoms with Gasteiger partial charge in [0.2, 0.25) is 10.0 Å². The molecule has 1 aliphatic rings. The first-order valence-electron chi connectivity index (χ1n) is 9.31. The van der Waals surface area contributed by atoms with Crippen molar-refractivity contribution in [1.82, 2.24) is 4.31 Å². The summed E-state index contributed by atoms with van der Waals surface area (Å²) >= 11 is 0. The SMILES string of the molecule is O=C(O)COc1ccc([C@H]2Nc3ccccc3S(=O)(=O)N2Cc2ccccc2)cc1. The Labute approximate surface area is 174 Å². The summed E-state index contributed by atoms with van der Waals surface area (Å²) in [7, 11) is -3.75. The maximum atomic E-state index is 13.4. The average Bonchev–Trinajstić information content (AvgIpc) is 2.75. The highest BCUT2D eigenvalue weighted by Crippen LogP contribution is 2.39. The lowest BCUT2D eigenvalue weighted by Gasteiger charge is -2.37. The Balaban J connectivity index is 1.71. The van der Waals surface area contributed by atoms with Gasteiger partial charge in [-0.1, -0.05) is 54.6 Å². The molecule has 7 nitrogen and oxygen atoms in total. The van der Waals surface area contributed by atoms with Crippen LogP contribution in [0, 0.1) is 0 Å². The summed E-state index contributed by atoms with van der Waals surface area (Å²) in [5.74, 6) is -0.667. The van der Waals surface area contributed by atoms with E-state index in [1.54, 1.807) is 48.5 Å². The molecular formula is C22H20N2O5S. The number of ether oxygens (including phenoxy) is 1. The summed E-state index contributed by atoms with van der Waals surface area (Å²) in [6.07, 6.45) is -0.626. The maximum Gasteiger partial charge on any atom is 0.341 e. The molecule has 8 heteroatoms. The van der Waals surface area contributed by atoms with Gasteiger partial charge in [0.05, 0.1) is 5.69 Å². The fraction of sp³-hybridized carbons (Fsp3) is 0.136. The van der Waals surface area contributed by atoms with Gasteiger partial charge in [-0.05, 0) is 35.4 Å². The van der Waals surface area contributed by atoms with E-state index in [2.05, 4.69) is 5.32 Å². The molecule has 0 radical (unpaired) electrons. The molecule has 0 spiro atoms. The molecule has 3 aromatic rings. The molecule has 0 unspecified atom stereocenters. The third-order valence-corrected chi connectivity index (χ3v) is 6.66. The fourth-order valence-electron chi connectivity index (χ4n) is 3.38. The first kappa shape index (κ1) is 19.9. The number of carbonyl (C=O) groups is 1. The summed E-state index contributed by atoms with van der Waals surface area (Å²) in [5.41, 5.74) is 2.12. The molecule has 1 atom stereocenters. The van der Waals surface area contributed by atoms with Crippen LogP contribution in [-0.4, -0.2) is 30.4 Å². The summed E-state index contributed by atoms with van der Waals surface area (Å²) in [4.78, 5) is 10.9. The van der Waals surface area contributed by atoms with Crippen LogP contribution in [-0.2, 0) is 21.4 Å². The van der Waals surface area contributed by atoms with E-state index in [1.165, 1.54) is 4.31 Å². The van der Waals surface area contributed by atoms with Crippen molar-refractivity contribution in [3.05, 3.63) is 90.0 Å². The van der Waals surface area contributed by atoms with Crippen molar-refractivity contribution in [2.45, 2.75) is 17.6 Å². The highest BCUT2D eigenvalue weighted by atomic mass is 32.2. The number of aliphatic carboxylic acids is 1. The molecular weight excluding hydrogens is 404 g/mol. The van der Waals surface area contributed by atoms with Crippen molar-refractivity contribution in [3.63, 3.8) is 0 Å². The van der Waals surface area contributed by atoms with Crippen LogP contribution in [0.3, 0.4) is 0 Å². The topological polar surface area (TPSA) is 95.9 Å². The number of hydrogen-bond acceptors (Lipinski definition) is 5. The highest BCUT2D eigenvalue weighted by Gasteiger charge is 2.38.